The van der Waals surface area contributed by atoms with Crippen LogP contribution < -0.4 is 0 Å². The quantitative estimate of drug-likeness (QED) is 0.882. The molecular formula is C14H20ClNO. The third-order valence-corrected chi connectivity index (χ3v) is 3.90. The summed E-state index contributed by atoms with van der Waals surface area (Å²) >= 11 is 5.97. The highest BCUT2D eigenvalue weighted by atomic mass is 35.5. The predicted octanol–water partition coefficient (Wildman–Crippen LogP) is 3.81. The number of rotatable bonds is 4. The van der Waals surface area contributed by atoms with Gasteiger partial charge in [0.2, 0.25) is 0 Å². The smallest absolute Gasteiger partial charge is 0.120 e. The Balaban J connectivity index is 2.09. The molecule has 0 bridgehead atoms. The van der Waals surface area contributed by atoms with Crippen LogP contribution in [0.5, 0.6) is 5.75 Å². The van der Waals surface area contributed by atoms with Crippen molar-refractivity contribution < 1.29 is 5.11 Å². The lowest BCUT2D eigenvalue weighted by atomic mass is 10.1. The molecule has 1 aliphatic rings. The van der Waals surface area contributed by atoms with Gasteiger partial charge in [0.05, 0.1) is 0 Å². The van der Waals surface area contributed by atoms with Crippen molar-refractivity contribution in [2.45, 2.75) is 45.2 Å². The maximum atomic E-state index is 9.84. The van der Waals surface area contributed by atoms with Gasteiger partial charge >= 0.3 is 0 Å². The Bertz CT molecular complexity index is 374. The van der Waals surface area contributed by atoms with Crippen LogP contribution in [0.1, 0.15) is 38.2 Å². The first kappa shape index (κ1) is 12.7. The minimum Gasteiger partial charge on any atom is -0.508 e. The maximum absolute atomic E-state index is 9.84. The lowest BCUT2D eigenvalue weighted by Crippen LogP contribution is -2.32. The molecule has 0 saturated heterocycles. The SMILES string of the molecule is CCN(Cc1cc(Cl)ccc1O)C1CCCC1. The van der Waals surface area contributed by atoms with E-state index in [1.165, 1.54) is 25.7 Å². The van der Waals surface area contributed by atoms with E-state index in [9.17, 15) is 5.11 Å². The standard InChI is InChI=1S/C14H20ClNO/c1-2-16(13-5-3-4-6-13)10-11-9-12(15)7-8-14(11)17/h7-9,13,17H,2-6,10H2,1H3. The second-order valence-corrected chi connectivity index (χ2v) is 5.21. The van der Waals surface area contributed by atoms with E-state index in [0.29, 0.717) is 16.8 Å². The molecule has 17 heavy (non-hydrogen) atoms. The summed E-state index contributed by atoms with van der Waals surface area (Å²) in [4.78, 5) is 2.44. The lowest BCUT2D eigenvalue weighted by Gasteiger charge is -2.27. The van der Waals surface area contributed by atoms with Crippen LogP contribution >= 0.6 is 11.6 Å². The minimum atomic E-state index is 0.353. The molecule has 2 rings (SSSR count). The van der Waals surface area contributed by atoms with Gasteiger partial charge in [-0.15, -0.1) is 0 Å². The number of hydrogen-bond acceptors (Lipinski definition) is 2. The van der Waals surface area contributed by atoms with E-state index in [2.05, 4.69) is 11.8 Å². The molecule has 1 N–H and O–H groups in total. The van der Waals surface area contributed by atoms with Gasteiger partial charge in [-0.05, 0) is 37.6 Å². The van der Waals surface area contributed by atoms with Gasteiger partial charge in [0.25, 0.3) is 0 Å². The van der Waals surface area contributed by atoms with E-state index in [-0.39, 0.29) is 0 Å². The molecule has 0 aromatic heterocycles. The van der Waals surface area contributed by atoms with E-state index in [4.69, 9.17) is 11.6 Å². The third kappa shape index (κ3) is 3.14. The maximum Gasteiger partial charge on any atom is 0.120 e. The van der Waals surface area contributed by atoms with Gasteiger partial charge in [0.1, 0.15) is 5.75 Å². The number of nitrogens with zero attached hydrogens (tertiary/aromatic N) is 1. The minimum absolute atomic E-state index is 0.353. The van der Waals surface area contributed by atoms with E-state index >= 15 is 0 Å². The average Bonchev–Trinajstić information content (AvgIpc) is 2.84. The zero-order chi connectivity index (χ0) is 12.3. The molecule has 0 radical (unpaired) electrons. The molecule has 0 aliphatic heterocycles. The Kier molecular flexibility index (Phi) is 4.30. The molecular weight excluding hydrogens is 234 g/mol. The van der Waals surface area contributed by atoms with Gasteiger partial charge in [-0.2, -0.15) is 0 Å². The van der Waals surface area contributed by atoms with Crippen molar-refractivity contribution in [2.24, 2.45) is 0 Å². The first-order valence-corrected chi connectivity index (χ1v) is 6.80. The second kappa shape index (κ2) is 5.74. The van der Waals surface area contributed by atoms with E-state index in [1.807, 2.05) is 6.07 Å². The summed E-state index contributed by atoms with van der Waals surface area (Å²) in [6.07, 6.45) is 5.25. The van der Waals surface area contributed by atoms with E-state index in [0.717, 1.165) is 18.7 Å². The molecule has 2 nitrogen and oxygen atoms in total. The van der Waals surface area contributed by atoms with Gasteiger partial charge < -0.3 is 5.11 Å². The van der Waals surface area contributed by atoms with Crippen LogP contribution in [-0.4, -0.2) is 22.6 Å². The Morgan fingerprint density at radius 3 is 2.71 bits per heavy atom. The lowest BCUT2D eigenvalue weighted by molar-refractivity contribution is 0.198. The van der Waals surface area contributed by atoms with Crippen molar-refractivity contribution in [1.29, 1.82) is 0 Å². The molecule has 0 spiro atoms. The molecule has 0 unspecified atom stereocenters. The Morgan fingerprint density at radius 2 is 2.06 bits per heavy atom. The van der Waals surface area contributed by atoms with Gasteiger partial charge in [0, 0.05) is 23.2 Å². The molecule has 1 aromatic carbocycles. The average molecular weight is 254 g/mol. The molecule has 1 saturated carbocycles. The van der Waals surface area contributed by atoms with Crippen LogP contribution in [0.4, 0.5) is 0 Å². The molecule has 1 aromatic rings. The largest absolute Gasteiger partial charge is 0.508 e. The van der Waals surface area contributed by atoms with Gasteiger partial charge in [0.15, 0.2) is 0 Å². The number of halogens is 1. The molecule has 1 aliphatic carbocycles. The Hall–Kier alpha value is -0.730. The van der Waals surface area contributed by atoms with Crippen LogP contribution in [0.3, 0.4) is 0 Å². The zero-order valence-corrected chi connectivity index (χ0v) is 11.1. The van der Waals surface area contributed by atoms with Crippen molar-refractivity contribution in [3.05, 3.63) is 28.8 Å². The third-order valence-electron chi connectivity index (χ3n) is 3.66. The summed E-state index contributed by atoms with van der Waals surface area (Å²) < 4.78 is 0. The predicted molar refractivity (Wildman–Crippen MR) is 71.5 cm³/mol. The molecule has 1 fully saturated rings. The van der Waals surface area contributed by atoms with Gasteiger partial charge in [-0.1, -0.05) is 31.4 Å². The zero-order valence-electron chi connectivity index (χ0n) is 10.3. The normalized spacial score (nSPS) is 16.9. The van der Waals surface area contributed by atoms with Crippen LogP contribution in [0.15, 0.2) is 18.2 Å². The Morgan fingerprint density at radius 1 is 1.35 bits per heavy atom. The van der Waals surface area contributed by atoms with Crippen molar-refractivity contribution in [2.75, 3.05) is 6.54 Å². The first-order chi connectivity index (χ1) is 8.20. The fourth-order valence-corrected chi connectivity index (χ4v) is 2.86. The van der Waals surface area contributed by atoms with Gasteiger partial charge in [-0.25, -0.2) is 0 Å². The van der Waals surface area contributed by atoms with Crippen molar-refractivity contribution >= 4 is 11.6 Å². The number of aromatic hydroxyl groups is 1. The highest BCUT2D eigenvalue weighted by Crippen LogP contribution is 2.28. The van der Waals surface area contributed by atoms with Gasteiger partial charge in [-0.3, -0.25) is 4.90 Å². The fraction of sp³-hybridized carbons (Fsp3) is 0.571. The van der Waals surface area contributed by atoms with Crippen LogP contribution in [-0.2, 0) is 6.54 Å². The van der Waals surface area contributed by atoms with Crippen molar-refractivity contribution in [3.63, 3.8) is 0 Å². The van der Waals surface area contributed by atoms with E-state index in [1.54, 1.807) is 12.1 Å². The molecule has 0 atom stereocenters. The number of phenolic OH excluding ortho intramolecular Hbond substituents is 1. The second-order valence-electron chi connectivity index (χ2n) is 4.77. The highest BCUT2D eigenvalue weighted by molar-refractivity contribution is 6.30. The number of phenols is 1. The van der Waals surface area contributed by atoms with Crippen LogP contribution in [0.2, 0.25) is 5.02 Å². The number of benzene rings is 1. The summed E-state index contributed by atoms with van der Waals surface area (Å²) in [5.41, 5.74) is 0.936. The molecule has 0 heterocycles. The Labute approximate surface area is 108 Å². The highest BCUT2D eigenvalue weighted by Gasteiger charge is 2.22. The van der Waals surface area contributed by atoms with E-state index < -0.39 is 0 Å². The van der Waals surface area contributed by atoms with Crippen molar-refractivity contribution in [1.82, 2.24) is 4.90 Å². The summed E-state index contributed by atoms with van der Waals surface area (Å²) in [6.45, 7) is 4.00. The molecule has 94 valence electrons. The van der Waals surface area contributed by atoms with Crippen LogP contribution in [0.25, 0.3) is 0 Å². The summed E-state index contributed by atoms with van der Waals surface area (Å²) in [5, 5.41) is 10.5. The topological polar surface area (TPSA) is 23.5 Å². The molecule has 3 heteroatoms. The van der Waals surface area contributed by atoms with Crippen molar-refractivity contribution in [3.8, 4) is 5.75 Å². The summed E-state index contributed by atoms with van der Waals surface area (Å²) in [5.74, 6) is 0.353. The fourth-order valence-electron chi connectivity index (χ4n) is 2.67. The summed E-state index contributed by atoms with van der Waals surface area (Å²) in [7, 11) is 0. The molecule has 0 amide bonds. The van der Waals surface area contributed by atoms with Crippen LogP contribution in [0, 0.1) is 0 Å². The summed E-state index contributed by atoms with van der Waals surface area (Å²) in [6, 6.07) is 5.96. The monoisotopic (exact) mass is 253 g/mol. The number of hydrogen-bond donors (Lipinski definition) is 1. The first-order valence-electron chi connectivity index (χ1n) is 6.42.